The van der Waals surface area contributed by atoms with Gasteiger partial charge in [0.15, 0.2) is 5.69 Å². The molecule has 0 aliphatic carbocycles. The van der Waals surface area contributed by atoms with Gasteiger partial charge in [0.25, 0.3) is 5.91 Å². The maximum Gasteiger partial charge on any atom is 0.294 e. The van der Waals surface area contributed by atoms with Crippen molar-refractivity contribution < 1.29 is 9.42 Å². The lowest BCUT2D eigenvalue weighted by Crippen LogP contribution is -2.19. The molecule has 1 amide bonds. The van der Waals surface area contributed by atoms with Crippen LogP contribution in [0.5, 0.6) is 0 Å². The molecule has 0 bridgehead atoms. The summed E-state index contributed by atoms with van der Waals surface area (Å²) in [7, 11) is 0. The SMILES string of the molecule is Nc1nonc1-n1nnc(C(=O)N/N=C\c2cccc(Cl)c2)c1-c1cccs1. The fourth-order valence-corrected chi connectivity index (χ4v) is 3.31. The maximum atomic E-state index is 12.6. The molecule has 0 fully saturated rings. The Bertz CT molecular complexity index is 1150. The number of anilines is 1. The number of nitrogens with zero attached hydrogens (tertiary/aromatic N) is 6. The van der Waals surface area contributed by atoms with Crippen molar-refractivity contribution in [1.82, 2.24) is 30.7 Å². The first-order valence-corrected chi connectivity index (χ1v) is 9.06. The van der Waals surface area contributed by atoms with Crippen molar-refractivity contribution in [2.45, 2.75) is 0 Å². The van der Waals surface area contributed by atoms with Crippen molar-refractivity contribution >= 4 is 40.9 Å². The number of carbonyl (C=O) groups is 1. The van der Waals surface area contributed by atoms with Gasteiger partial charge in [0.1, 0.15) is 5.69 Å². The largest absolute Gasteiger partial charge is 0.378 e. The fraction of sp³-hybridized carbons (Fsp3) is 0. The summed E-state index contributed by atoms with van der Waals surface area (Å²) in [6.07, 6.45) is 1.47. The first-order chi connectivity index (χ1) is 13.6. The van der Waals surface area contributed by atoms with E-state index in [9.17, 15) is 4.79 Å². The number of hydrogen-bond acceptors (Lipinski definition) is 9. The van der Waals surface area contributed by atoms with E-state index in [1.807, 2.05) is 17.5 Å². The number of thiophene rings is 1. The Morgan fingerprint density at radius 1 is 1.32 bits per heavy atom. The van der Waals surface area contributed by atoms with Gasteiger partial charge in [-0.1, -0.05) is 35.0 Å². The van der Waals surface area contributed by atoms with Crippen LogP contribution in [0, 0.1) is 0 Å². The second-order valence-electron chi connectivity index (χ2n) is 5.40. The minimum Gasteiger partial charge on any atom is -0.378 e. The Morgan fingerprint density at radius 3 is 2.93 bits per heavy atom. The van der Waals surface area contributed by atoms with Gasteiger partial charge in [-0.05, 0) is 39.5 Å². The fourth-order valence-electron chi connectivity index (χ4n) is 2.36. The van der Waals surface area contributed by atoms with Crippen molar-refractivity contribution in [2.24, 2.45) is 5.10 Å². The van der Waals surface area contributed by atoms with Crippen LogP contribution >= 0.6 is 22.9 Å². The summed E-state index contributed by atoms with van der Waals surface area (Å²) in [5, 5.41) is 21.5. The van der Waals surface area contributed by atoms with Gasteiger partial charge < -0.3 is 5.73 Å². The molecule has 3 N–H and O–H groups in total. The van der Waals surface area contributed by atoms with E-state index in [2.05, 4.69) is 35.8 Å². The molecule has 0 spiro atoms. The van der Waals surface area contributed by atoms with E-state index in [1.165, 1.54) is 22.2 Å². The van der Waals surface area contributed by atoms with Crippen molar-refractivity contribution in [3.8, 4) is 16.4 Å². The smallest absolute Gasteiger partial charge is 0.294 e. The third-order valence-electron chi connectivity index (χ3n) is 3.56. The van der Waals surface area contributed by atoms with Crippen molar-refractivity contribution in [3.63, 3.8) is 0 Å². The normalized spacial score (nSPS) is 11.2. The molecule has 10 nitrogen and oxygen atoms in total. The molecule has 0 saturated carbocycles. The Labute approximate surface area is 166 Å². The molecule has 3 aromatic heterocycles. The molecule has 0 atom stereocenters. The first kappa shape index (κ1) is 17.8. The van der Waals surface area contributed by atoms with Crippen molar-refractivity contribution in [1.29, 1.82) is 0 Å². The second kappa shape index (κ2) is 7.58. The third kappa shape index (κ3) is 3.48. The van der Waals surface area contributed by atoms with Gasteiger partial charge in [0, 0.05) is 5.02 Å². The number of amides is 1. The predicted molar refractivity (Wildman–Crippen MR) is 103 cm³/mol. The summed E-state index contributed by atoms with van der Waals surface area (Å²) in [5.41, 5.74) is 9.36. The summed E-state index contributed by atoms with van der Waals surface area (Å²) >= 11 is 7.32. The molecule has 4 aromatic rings. The number of hydrogen-bond donors (Lipinski definition) is 2. The molecule has 0 saturated heterocycles. The summed E-state index contributed by atoms with van der Waals surface area (Å²) in [4.78, 5) is 13.4. The van der Waals surface area contributed by atoms with Gasteiger partial charge >= 0.3 is 0 Å². The van der Waals surface area contributed by atoms with Crippen LogP contribution in [-0.2, 0) is 0 Å². The molecule has 0 unspecified atom stereocenters. The quantitative estimate of drug-likeness (QED) is 0.377. The van der Waals surface area contributed by atoms with Crippen LogP contribution in [0.4, 0.5) is 5.82 Å². The summed E-state index contributed by atoms with van der Waals surface area (Å²) in [6, 6.07) is 10.7. The molecule has 0 aliphatic rings. The zero-order valence-electron chi connectivity index (χ0n) is 14.0. The van der Waals surface area contributed by atoms with Crippen LogP contribution in [0.3, 0.4) is 0 Å². The third-order valence-corrected chi connectivity index (χ3v) is 4.68. The average molecular weight is 415 g/mol. The molecular formula is C16H11ClN8O2S. The lowest BCUT2D eigenvalue weighted by molar-refractivity contribution is 0.0951. The summed E-state index contributed by atoms with van der Waals surface area (Å²) in [6.45, 7) is 0. The zero-order valence-corrected chi connectivity index (χ0v) is 15.6. The highest BCUT2D eigenvalue weighted by Gasteiger charge is 2.25. The Morgan fingerprint density at radius 2 is 2.21 bits per heavy atom. The standard InChI is InChI=1S/C16H11ClN8O2S/c17-10-4-1-3-9(7-10)8-19-21-16(26)12-13(11-5-2-6-28-11)25(24-20-12)15-14(18)22-27-23-15/h1-8H,(H2,18,22)(H,21,26)/b19-8-. The molecule has 140 valence electrons. The van der Waals surface area contributed by atoms with E-state index in [0.29, 0.717) is 10.7 Å². The number of nitrogen functional groups attached to an aromatic ring is 1. The molecule has 3 heterocycles. The predicted octanol–water partition coefficient (Wildman–Crippen LogP) is 2.38. The summed E-state index contributed by atoms with van der Waals surface area (Å²) in [5.74, 6) is -0.394. The number of carbonyl (C=O) groups excluding carboxylic acids is 1. The van der Waals surface area contributed by atoms with Crippen LogP contribution in [0.1, 0.15) is 16.1 Å². The summed E-state index contributed by atoms with van der Waals surface area (Å²) < 4.78 is 5.92. The molecule has 28 heavy (non-hydrogen) atoms. The monoisotopic (exact) mass is 414 g/mol. The second-order valence-corrected chi connectivity index (χ2v) is 6.79. The van der Waals surface area contributed by atoms with Gasteiger partial charge in [-0.15, -0.1) is 16.4 Å². The number of nitrogens with one attached hydrogen (secondary N) is 1. The molecule has 0 radical (unpaired) electrons. The number of rotatable bonds is 5. The topological polar surface area (TPSA) is 137 Å². The van der Waals surface area contributed by atoms with Gasteiger partial charge in [-0.25, -0.2) is 10.1 Å². The molecular weight excluding hydrogens is 404 g/mol. The Hall–Kier alpha value is -3.57. The molecule has 12 heteroatoms. The van der Waals surface area contributed by atoms with Crippen LogP contribution in [-0.4, -0.2) is 37.4 Å². The van der Waals surface area contributed by atoms with Gasteiger partial charge in [-0.3, -0.25) is 4.79 Å². The van der Waals surface area contributed by atoms with Crippen LogP contribution in [0.2, 0.25) is 5.02 Å². The van der Waals surface area contributed by atoms with Gasteiger partial charge in [-0.2, -0.15) is 9.78 Å². The number of hydrazone groups is 1. The molecule has 1 aromatic carbocycles. The van der Waals surface area contributed by atoms with Crippen LogP contribution in [0.15, 0.2) is 51.5 Å². The highest BCUT2D eigenvalue weighted by atomic mass is 35.5. The van der Waals surface area contributed by atoms with E-state index < -0.39 is 5.91 Å². The highest BCUT2D eigenvalue weighted by Crippen LogP contribution is 2.29. The minimum atomic E-state index is -0.553. The van der Waals surface area contributed by atoms with Crippen LogP contribution in [0.25, 0.3) is 16.4 Å². The highest BCUT2D eigenvalue weighted by molar-refractivity contribution is 7.13. The number of nitrogens with two attached hydrogens (primary N) is 1. The lowest BCUT2D eigenvalue weighted by atomic mass is 10.2. The average Bonchev–Trinajstić information content (AvgIpc) is 3.41. The maximum absolute atomic E-state index is 12.6. The first-order valence-electron chi connectivity index (χ1n) is 7.80. The van der Waals surface area contributed by atoms with Crippen molar-refractivity contribution in [3.05, 3.63) is 58.1 Å². The van der Waals surface area contributed by atoms with Crippen LogP contribution < -0.4 is 11.2 Å². The Balaban J connectivity index is 1.65. The number of benzene rings is 1. The van der Waals surface area contributed by atoms with Crippen molar-refractivity contribution in [2.75, 3.05) is 5.73 Å². The number of halogens is 1. The van der Waals surface area contributed by atoms with E-state index in [4.69, 9.17) is 17.3 Å². The van der Waals surface area contributed by atoms with E-state index in [-0.39, 0.29) is 17.3 Å². The van der Waals surface area contributed by atoms with E-state index >= 15 is 0 Å². The molecule has 0 aliphatic heterocycles. The van der Waals surface area contributed by atoms with E-state index in [0.717, 1.165) is 10.4 Å². The minimum absolute atomic E-state index is 0.0219. The molecule has 4 rings (SSSR count). The lowest BCUT2D eigenvalue weighted by Gasteiger charge is -2.03. The van der Waals surface area contributed by atoms with Gasteiger partial charge in [0.2, 0.25) is 11.6 Å². The van der Waals surface area contributed by atoms with E-state index in [1.54, 1.807) is 24.3 Å². The Kier molecular flexibility index (Phi) is 4.83. The zero-order chi connectivity index (χ0) is 19.5. The van der Waals surface area contributed by atoms with Gasteiger partial charge in [0.05, 0.1) is 11.1 Å². The number of aromatic nitrogens is 5.